The Labute approximate surface area is 86.2 Å². The molecule has 1 aromatic rings. The van der Waals surface area contributed by atoms with Crippen molar-refractivity contribution in [3.05, 3.63) is 17.5 Å². The van der Waals surface area contributed by atoms with Gasteiger partial charge >= 0.3 is 5.97 Å². The number of carbonyl (C=O) groups is 2. The second-order valence-electron chi connectivity index (χ2n) is 3.11. The van der Waals surface area contributed by atoms with E-state index in [-0.39, 0.29) is 18.1 Å². The molecule has 6 heteroatoms. The molecule has 0 aliphatic carbocycles. The van der Waals surface area contributed by atoms with E-state index < -0.39 is 5.97 Å². The fourth-order valence-corrected chi connectivity index (χ4v) is 1.51. The molecule has 1 aliphatic heterocycles. The van der Waals surface area contributed by atoms with Crippen LogP contribution in [0.5, 0.6) is 0 Å². The molecule has 0 saturated heterocycles. The summed E-state index contributed by atoms with van der Waals surface area (Å²) in [5, 5.41) is 6.62. The summed E-state index contributed by atoms with van der Waals surface area (Å²) in [5.41, 5.74) is 0.522. The average Bonchev–Trinajstić information content (AvgIpc) is 2.63. The van der Waals surface area contributed by atoms with Gasteiger partial charge in [0.15, 0.2) is 0 Å². The third kappa shape index (κ3) is 1.58. The summed E-state index contributed by atoms with van der Waals surface area (Å²) in [6, 6.07) is 0. The van der Waals surface area contributed by atoms with Crippen molar-refractivity contribution < 1.29 is 14.3 Å². The molecule has 1 N–H and O–H groups in total. The number of carbonyl (C=O) groups excluding carboxylic acids is 2. The van der Waals surface area contributed by atoms with Crippen LogP contribution in [0.1, 0.15) is 27.8 Å². The van der Waals surface area contributed by atoms with Gasteiger partial charge in [-0.3, -0.25) is 9.48 Å². The molecule has 0 bridgehead atoms. The van der Waals surface area contributed by atoms with Crippen molar-refractivity contribution in [1.29, 1.82) is 0 Å². The second-order valence-corrected chi connectivity index (χ2v) is 3.11. The minimum Gasteiger partial charge on any atom is -0.462 e. The maximum absolute atomic E-state index is 11.5. The molecule has 6 nitrogen and oxygen atoms in total. The Morgan fingerprint density at radius 3 is 3.27 bits per heavy atom. The van der Waals surface area contributed by atoms with Gasteiger partial charge in [0.25, 0.3) is 5.91 Å². The van der Waals surface area contributed by atoms with Gasteiger partial charge in [0, 0.05) is 6.54 Å². The van der Waals surface area contributed by atoms with E-state index >= 15 is 0 Å². The van der Waals surface area contributed by atoms with Gasteiger partial charge in [-0.1, -0.05) is 0 Å². The molecular formula is C9H11N3O3. The first kappa shape index (κ1) is 9.70. The molecule has 1 aromatic heterocycles. The molecule has 0 fully saturated rings. The van der Waals surface area contributed by atoms with Crippen molar-refractivity contribution >= 4 is 11.9 Å². The van der Waals surface area contributed by atoms with Gasteiger partial charge in [0.05, 0.1) is 19.3 Å². The summed E-state index contributed by atoms with van der Waals surface area (Å²) < 4.78 is 6.35. The third-order valence-electron chi connectivity index (χ3n) is 2.16. The maximum atomic E-state index is 11.5. The van der Waals surface area contributed by atoms with Crippen LogP contribution in [-0.2, 0) is 11.3 Å². The lowest BCUT2D eigenvalue weighted by molar-refractivity contribution is 0.0521. The van der Waals surface area contributed by atoms with E-state index in [4.69, 9.17) is 4.74 Å². The van der Waals surface area contributed by atoms with Crippen LogP contribution in [-0.4, -0.2) is 34.8 Å². The average molecular weight is 209 g/mol. The van der Waals surface area contributed by atoms with Gasteiger partial charge < -0.3 is 10.1 Å². The Morgan fingerprint density at radius 1 is 1.73 bits per heavy atom. The maximum Gasteiger partial charge on any atom is 0.342 e. The first-order valence-corrected chi connectivity index (χ1v) is 4.75. The van der Waals surface area contributed by atoms with E-state index in [1.807, 2.05) is 0 Å². The van der Waals surface area contributed by atoms with Crippen LogP contribution in [0, 0.1) is 0 Å². The first-order chi connectivity index (χ1) is 7.24. The minimum atomic E-state index is -0.504. The van der Waals surface area contributed by atoms with E-state index in [9.17, 15) is 9.59 Å². The summed E-state index contributed by atoms with van der Waals surface area (Å²) >= 11 is 0. The van der Waals surface area contributed by atoms with E-state index in [0.29, 0.717) is 18.8 Å². The van der Waals surface area contributed by atoms with Gasteiger partial charge in [0.2, 0.25) is 0 Å². The molecule has 2 heterocycles. The highest BCUT2D eigenvalue weighted by molar-refractivity contribution is 6.04. The Hall–Kier alpha value is -1.85. The van der Waals surface area contributed by atoms with Crippen molar-refractivity contribution in [2.75, 3.05) is 13.2 Å². The van der Waals surface area contributed by atoms with Gasteiger partial charge in [-0.05, 0) is 6.92 Å². The third-order valence-corrected chi connectivity index (χ3v) is 2.16. The molecule has 15 heavy (non-hydrogen) atoms. The fraction of sp³-hybridized carbons (Fsp3) is 0.444. The molecular weight excluding hydrogens is 198 g/mol. The molecule has 0 radical (unpaired) electrons. The van der Waals surface area contributed by atoms with Crippen molar-refractivity contribution in [2.45, 2.75) is 13.5 Å². The Kier molecular flexibility index (Phi) is 2.40. The summed E-state index contributed by atoms with van der Waals surface area (Å²) in [7, 11) is 0. The lowest BCUT2D eigenvalue weighted by atomic mass is 10.2. The summed E-state index contributed by atoms with van der Waals surface area (Å²) in [6.07, 6.45) is 1.37. The van der Waals surface area contributed by atoms with Crippen molar-refractivity contribution in [2.24, 2.45) is 0 Å². The zero-order chi connectivity index (χ0) is 10.8. The Morgan fingerprint density at radius 2 is 2.53 bits per heavy atom. The number of hydrogen-bond acceptors (Lipinski definition) is 4. The lowest BCUT2D eigenvalue weighted by Crippen LogP contribution is -2.36. The summed E-state index contributed by atoms with van der Waals surface area (Å²) in [6.45, 7) is 3.12. The summed E-state index contributed by atoms with van der Waals surface area (Å²) in [5.74, 6) is -0.780. The molecule has 0 atom stereocenters. The number of esters is 1. The molecule has 0 spiro atoms. The highest BCUT2D eigenvalue weighted by atomic mass is 16.5. The molecule has 0 unspecified atom stereocenters. The van der Waals surface area contributed by atoms with E-state index in [2.05, 4.69) is 10.4 Å². The molecule has 2 rings (SSSR count). The number of aromatic nitrogens is 2. The number of nitrogens with one attached hydrogen (secondary N) is 1. The van der Waals surface area contributed by atoms with Gasteiger partial charge in [-0.15, -0.1) is 0 Å². The Bertz CT molecular complexity index is 411. The topological polar surface area (TPSA) is 73.2 Å². The fourth-order valence-electron chi connectivity index (χ4n) is 1.51. The van der Waals surface area contributed by atoms with Gasteiger partial charge in [-0.25, -0.2) is 4.79 Å². The number of fused-ring (bicyclic) bond motifs is 1. The second kappa shape index (κ2) is 3.72. The molecule has 80 valence electrons. The predicted octanol–water partition coefficient (Wildman–Crippen LogP) is -0.197. The SMILES string of the molecule is CCOC(=O)c1cnn2c1C(=O)NCC2. The van der Waals surface area contributed by atoms with Crippen LogP contribution in [0.25, 0.3) is 0 Å². The summed E-state index contributed by atoms with van der Waals surface area (Å²) in [4.78, 5) is 23.0. The van der Waals surface area contributed by atoms with Crippen LogP contribution >= 0.6 is 0 Å². The zero-order valence-electron chi connectivity index (χ0n) is 8.32. The van der Waals surface area contributed by atoms with Crippen LogP contribution in [0.4, 0.5) is 0 Å². The van der Waals surface area contributed by atoms with Crippen molar-refractivity contribution in [3.63, 3.8) is 0 Å². The van der Waals surface area contributed by atoms with E-state index in [0.717, 1.165) is 0 Å². The molecule has 0 saturated carbocycles. The highest BCUT2D eigenvalue weighted by Crippen LogP contribution is 2.12. The van der Waals surface area contributed by atoms with Crippen molar-refractivity contribution in [3.8, 4) is 0 Å². The number of hydrogen-bond donors (Lipinski definition) is 1. The van der Waals surface area contributed by atoms with Gasteiger partial charge in [0.1, 0.15) is 11.3 Å². The van der Waals surface area contributed by atoms with Gasteiger partial charge in [-0.2, -0.15) is 5.10 Å². The quantitative estimate of drug-likeness (QED) is 0.685. The minimum absolute atomic E-state index is 0.231. The number of ether oxygens (including phenoxy) is 1. The molecule has 1 amide bonds. The van der Waals surface area contributed by atoms with E-state index in [1.54, 1.807) is 6.92 Å². The smallest absolute Gasteiger partial charge is 0.342 e. The van der Waals surface area contributed by atoms with E-state index in [1.165, 1.54) is 10.9 Å². The Balaban J connectivity index is 2.37. The van der Waals surface area contributed by atoms with Crippen LogP contribution in [0.2, 0.25) is 0 Å². The molecule has 0 aromatic carbocycles. The largest absolute Gasteiger partial charge is 0.462 e. The predicted molar refractivity (Wildman–Crippen MR) is 50.5 cm³/mol. The number of rotatable bonds is 2. The standard InChI is InChI=1S/C9H11N3O3/c1-2-15-9(14)6-5-11-12-4-3-10-8(13)7(6)12/h5H,2-4H2,1H3,(H,10,13). The number of nitrogens with zero attached hydrogens (tertiary/aromatic N) is 2. The number of amides is 1. The highest BCUT2D eigenvalue weighted by Gasteiger charge is 2.26. The van der Waals surface area contributed by atoms with Crippen LogP contribution < -0.4 is 5.32 Å². The first-order valence-electron chi connectivity index (χ1n) is 4.75. The van der Waals surface area contributed by atoms with Crippen molar-refractivity contribution in [1.82, 2.24) is 15.1 Å². The molecule has 1 aliphatic rings. The lowest BCUT2D eigenvalue weighted by Gasteiger charge is -2.14. The normalized spacial score (nSPS) is 14.3. The zero-order valence-corrected chi connectivity index (χ0v) is 8.32. The monoisotopic (exact) mass is 209 g/mol. The van der Waals surface area contributed by atoms with Crippen LogP contribution in [0.15, 0.2) is 6.20 Å². The van der Waals surface area contributed by atoms with Crippen LogP contribution in [0.3, 0.4) is 0 Å².